The number of carbonyl (C=O) groups excluding carboxylic acids is 2. The summed E-state index contributed by atoms with van der Waals surface area (Å²) < 4.78 is 11.2. The maximum atomic E-state index is 13.3. The minimum absolute atomic E-state index is 0.0254. The van der Waals surface area contributed by atoms with E-state index in [1.54, 1.807) is 4.90 Å². The minimum Gasteiger partial charge on any atom is -0.481 e. The molecule has 1 saturated heterocycles. The Morgan fingerprint density at radius 3 is 2.83 bits per heavy atom. The number of rotatable bonds is 9. The summed E-state index contributed by atoms with van der Waals surface area (Å²) in [4.78, 5) is 48.7. The van der Waals surface area contributed by atoms with Gasteiger partial charge in [-0.25, -0.2) is 9.97 Å². The number of aromatic nitrogens is 2. The van der Waals surface area contributed by atoms with E-state index in [-0.39, 0.29) is 37.1 Å². The number of methoxy groups -OCH3 is 1. The smallest absolute Gasteiger partial charge is 0.307 e. The zero-order valence-corrected chi connectivity index (χ0v) is 20.9. The number of hydrogen-bond acceptors (Lipinski definition) is 9. The van der Waals surface area contributed by atoms with E-state index >= 15 is 0 Å². The highest BCUT2D eigenvalue weighted by atomic mass is 35.5. The van der Waals surface area contributed by atoms with Gasteiger partial charge in [0.1, 0.15) is 18.2 Å². The predicted octanol–water partition coefficient (Wildman–Crippen LogP) is 1.82. The molecule has 36 heavy (non-hydrogen) atoms. The lowest BCUT2D eigenvalue weighted by molar-refractivity contribution is -0.155. The number of thiophene rings is 1. The molecule has 0 saturated carbocycles. The number of fused-ring (bicyclic) bond motifs is 1. The molecule has 3 heterocycles. The summed E-state index contributed by atoms with van der Waals surface area (Å²) in [5.41, 5.74) is 7.83. The fourth-order valence-corrected chi connectivity index (χ4v) is 5.15. The van der Waals surface area contributed by atoms with Gasteiger partial charge in [-0.2, -0.15) is 0 Å². The lowest BCUT2D eigenvalue weighted by Gasteiger charge is -2.40. The number of nitrogens with zero attached hydrogens (tertiary/aromatic N) is 4. The van der Waals surface area contributed by atoms with E-state index in [0.29, 0.717) is 34.3 Å². The van der Waals surface area contributed by atoms with Gasteiger partial charge >= 0.3 is 5.97 Å². The van der Waals surface area contributed by atoms with Crippen LogP contribution in [0.15, 0.2) is 30.6 Å². The van der Waals surface area contributed by atoms with E-state index in [2.05, 4.69) is 9.97 Å². The molecule has 0 bridgehead atoms. The number of ether oxygens (including phenoxy) is 2. The second-order valence-corrected chi connectivity index (χ2v) is 9.80. The van der Waals surface area contributed by atoms with Gasteiger partial charge in [0.05, 0.1) is 22.9 Å². The summed E-state index contributed by atoms with van der Waals surface area (Å²) in [7, 11) is 1.46. The lowest BCUT2D eigenvalue weighted by Crippen LogP contribution is -2.60. The molecule has 11 nitrogen and oxygen atoms in total. The summed E-state index contributed by atoms with van der Waals surface area (Å²) in [5, 5.41) is 10.1. The number of aliphatic carboxylic acids is 1. The van der Waals surface area contributed by atoms with Gasteiger partial charge in [0, 0.05) is 37.7 Å². The molecule has 0 radical (unpaired) electrons. The van der Waals surface area contributed by atoms with Crippen molar-refractivity contribution in [2.24, 2.45) is 0 Å². The SMILES string of the molecule is COCC1C(=O)N(Cc2ccc3c(N)ncnc3c2)CCN1C(=O)COc1sc(Cl)cc1CC(=O)O. The van der Waals surface area contributed by atoms with Gasteiger partial charge in [0.2, 0.25) is 5.91 Å². The number of nitrogens with two attached hydrogens (primary N) is 1. The van der Waals surface area contributed by atoms with Crippen molar-refractivity contribution in [3.63, 3.8) is 0 Å². The van der Waals surface area contributed by atoms with Crippen LogP contribution in [0.2, 0.25) is 4.34 Å². The number of hydrogen-bond donors (Lipinski definition) is 2. The van der Waals surface area contributed by atoms with Gasteiger partial charge in [0.25, 0.3) is 5.91 Å². The largest absolute Gasteiger partial charge is 0.481 e. The molecule has 0 spiro atoms. The average Bonchev–Trinajstić information content (AvgIpc) is 3.18. The van der Waals surface area contributed by atoms with Crippen LogP contribution in [0.1, 0.15) is 11.1 Å². The quantitative estimate of drug-likeness (QED) is 0.420. The molecule has 0 aliphatic carbocycles. The summed E-state index contributed by atoms with van der Waals surface area (Å²) in [6.07, 6.45) is 1.12. The van der Waals surface area contributed by atoms with Gasteiger partial charge in [-0.1, -0.05) is 29.0 Å². The van der Waals surface area contributed by atoms with E-state index in [1.165, 1.54) is 24.4 Å². The maximum absolute atomic E-state index is 13.3. The summed E-state index contributed by atoms with van der Waals surface area (Å²) in [5.74, 6) is -1.31. The van der Waals surface area contributed by atoms with Crippen molar-refractivity contribution in [2.75, 3.05) is 39.1 Å². The molecule has 2 amide bonds. The average molecular weight is 534 g/mol. The van der Waals surface area contributed by atoms with Gasteiger partial charge in [-0.3, -0.25) is 14.4 Å². The number of halogens is 1. The summed E-state index contributed by atoms with van der Waals surface area (Å²) in [6, 6.07) is 6.24. The Hall–Kier alpha value is -3.48. The molecular formula is C23H24ClN5O6S. The molecule has 1 aliphatic rings. The fourth-order valence-electron chi connectivity index (χ4n) is 4.05. The summed E-state index contributed by atoms with van der Waals surface area (Å²) in [6.45, 7) is 0.617. The van der Waals surface area contributed by atoms with E-state index in [1.807, 2.05) is 18.2 Å². The number of amides is 2. The zero-order valence-electron chi connectivity index (χ0n) is 19.3. The third kappa shape index (κ3) is 5.66. The first-order valence-electron chi connectivity index (χ1n) is 11.0. The Morgan fingerprint density at radius 1 is 1.28 bits per heavy atom. The van der Waals surface area contributed by atoms with Crippen molar-refractivity contribution < 1.29 is 29.0 Å². The van der Waals surface area contributed by atoms with Crippen LogP contribution in [0.5, 0.6) is 5.06 Å². The van der Waals surface area contributed by atoms with Crippen LogP contribution in [-0.4, -0.2) is 82.1 Å². The Bertz CT molecular complexity index is 1300. The highest BCUT2D eigenvalue weighted by Crippen LogP contribution is 2.34. The van der Waals surface area contributed by atoms with Crippen LogP contribution < -0.4 is 10.5 Å². The third-order valence-corrected chi connectivity index (χ3v) is 6.96. The van der Waals surface area contributed by atoms with Crippen molar-refractivity contribution in [3.05, 3.63) is 46.1 Å². The molecule has 1 aliphatic heterocycles. The van der Waals surface area contributed by atoms with Gasteiger partial charge < -0.3 is 30.1 Å². The zero-order chi connectivity index (χ0) is 25.8. The second-order valence-electron chi connectivity index (χ2n) is 8.15. The molecule has 3 N–H and O–H groups in total. The number of carboxylic acid groups (broad SMARTS) is 1. The highest BCUT2D eigenvalue weighted by molar-refractivity contribution is 7.18. The van der Waals surface area contributed by atoms with E-state index in [0.717, 1.165) is 22.3 Å². The predicted molar refractivity (Wildman–Crippen MR) is 133 cm³/mol. The number of carbonyl (C=O) groups is 3. The topological polar surface area (TPSA) is 148 Å². The van der Waals surface area contributed by atoms with Crippen LogP contribution in [-0.2, 0) is 32.1 Å². The maximum Gasteiger partial charge on any atom is 0.307 e. The van der Waals surface area contributed by atoms with Crippen LogP contribution in [0.3, 0.4) is 0 Å². The standard InChI is InChI=1S/C23H24ClN5O6S/c1-34-10-17-22(33)28(9-13-2-3-15-16(6-13)26-12-27-21(15)25)4-5-29(17)19(30)11-35-23-14(8-20(31)32)7-18(24)36-23/h2-3,6-7,12,17H,4-5,8-11H2,1H3,(H,31,32)(H2,25,26,27). The fraction of sp³-hybridized carbons (Fsp3) is 0.348. The van der Waals surface area contributed by atoms with Crippen LogP contribution in [0.4, 0.5) is 5.82 Å². The minimum atomic E-state index is -1.04. The van der Waals surface area contributed by atoms with E-state index in [9.17, 15) is 14.4 Å². The Balaban J connectivity index is 1.43. The monoisotopic (exact) mass is 533 g/mol. The summed E-state index contributed by atoms with van der Waals surface area (Å²) >= 11 is 7.04. The van der Waals surface area contributed by atoms with Crippen molar-refractivity contribution >= 4 is 57.4 Å². The highest BCUT2D eigenvalue weighted by Gasteiger charge is 2.37. The number of piperazine rings is 1. The molecule has 4 rings (SSSR count). The molecule has 1 atom stereocenters. The molecule has 3 aromatic rings. The first kappa shape index (κ1) is 25.6. The molecule has 2 aromatic heterocycles. The first-order valence-corrected chi connectivity index (χ1v) is 12.2. The molecule has 1 fully saturated rings. The lowest BCUT2D eigenvalue weighted by atomic mass is 10.1. The third-order valence-electron chi connectivity index (χ3n) is 5.74. The van der Waals surface area contributed by atoms with Crippen molar-refractivity contribution in [2.45, 2.75) is 19.0 Å². The van der Waals surface area contributed by atoms with Crippen LogP contribution >= 0.6 is 22.9 Å². The first-order chi connectivity index (χ1) is 17.3. The number of anilines is 1. The van der Waals surface area contributed by atoms with Crippen molar-refractivity contribution in [1.29, 1.82) is 0 Å². The number of benzene rings is 1. The Labute approximate surface area is 215 Å². The van der Waals surface area contributed by atoms with E-state index < -0.39 is 17.9 Å². The molecule has 1 aromatic carbocycles. The van der Waals surface area contributed by atoms with Gasteiger partial charge in [-0.05, 0) is 23.8 Å². The number of nitrogen functional groups attached to an aromatic ring is 1. The Kier molecular flexibility index (Phi) is 7.87. The van der Waals surface area contributed by atoms with E-state index in [4.69, 9.17) is 31.9 Å². The number of carboxylic acids is 1. The molecule has 190 valence electrons. The van der Waals surface area contributed by atoms with Crippen molar-refractivity contribution in [1.82, 2.24) is 19.8 Å². The molecule has 1 unspecified atom stereocenters. The molecule has 13 heteroatoms. The Morgan fingerprint density at radius 2 is 2.08 bits per heavy atom. The van der Waals surface area contributed by atoms with Crippen LogP contribution in [0.25, 0.3) is 10.9 Å². The molecular weight excluding hydrogens is 510 g/mol. The van der Waals surface area contributed by atoms with Crippen molar-refractivity contribution in [3.8, 4) is 5.06 Å². The van der Waals surface area contributed by atoms with Crippen LogP contribution in [0, 0.1) is 0 Å². The second kappa shape index (κ2) is 11.1. The van der Waals surface area contributed by atoms with Gasteiger partial charge in [-0.15, -0.1) is 0 Å². The van der Waals surface area contributed by atoms with Gasteiger partial charge in [0.15, 0.2) is 11.7 Å². The normalized spacial score (nSPS) is 15.9.